The summed E-state index contributed by atoms with van der Waals surface area (Å²) in [6.07, 6.45) is 2.24. The SMILES string of the molecule is CCCCn1c(=O)c2ccccc2n2c(SC(C)C(=O)N(C)C3CCS(=O)(=O)C3)nnc12. The Hall–Kier alpha value is -2.40. The number of nitrogens with zero attached hydrogens (tertiary/aromatic N) is 5. The Morgan fingerprint density at radius 3 is 2.75 bits per heavy atom. The van der Waals surface area contributed by atoms with Gasteiger partial charge < -0.3 is 4.90 Å². The van der Waals surface area contributed by atoms with Crippen molar-refractivity contribution in [1.82, 2.24) is 24.1 Å². The highest BCUT2D eigenvalue weighted by Crippen LogP contribution is 2.27. The minimum Gasteiger partial charge on any atom is -0.341 e. The Balaban J connectivity index is 1.68. The summed E-state index contributed by atoms with van der Waals surface area (Å²) >= 11 is 1.26. The van der Waals surface area contributed by atoms with Gasteiger partial charge >= 0.3 is 0 Å². The van der Waals surface area contributed by atoms with Gasteiger partial charge in [-0.2, -0.15) is 0 Å². The molecule has 2 unspecified atom stereocenters. The van der Waals surface area contributed by atoms with Crippen molar-refractivity contribution < 1.29 is 13.2 Å². The van der Waals surface area contributed by atoms with E-state index in [1.807, 2.05) is 22.6 Å². The predicted octanol–water partition coefficient (Wildman–Crippen LogP) is 1.97. The highest BCUT2D eigenvalue weighted by Gasteiger charge is 2.34. The number of fused-ring (bicyclic) bond motifs is 3. The summed E-state index contributed by atoms with van der Waals surface area (Å²) in [5.74, 6) is 0.430. The summed E-state index contributed by atoms with van der Waals surface area (Å²) in [4.78, 5) is 27.6. The van der Waals surface area contributed by atoms with E-state index < -0.39 is 15.1 Å². The van der Waals surface area contributed by atoms with Crippen LogP contribution in [0.3, 0.4) is 0 Å². The summed E-state index contributed by atoms with van der Waals surface area (Å²) in [5.41, 5.74) is 0.597. The van der Waals surface area contributed by atoms with Crippen molar-refractivity contribution in [3.8, 4) is 0 Å². The molecule has 1 aliphatic heterocycles. The molecular formula is C21H27N5O4S2. The molecule has 9 nitrogen and oxygen atoms in total. The maximum Gasteiger partial charge on any atom is 0.262 e. The average molecular weight is 478 g/mol. The standard InChI is InChI=1S/C21H27N5O4S2/c1-4-5-11-25-19(28)16-8-6-7-9-17(16)26-20(25)22-23-21(26)31-14(2)18(27)24(3)15-10-12-32(29,30)13-15/h6-9,14-15H,4-5,10-13H2,1-3H3. The first-order chi connectivity index (χ1) is 15.2. The summed E-state index contributed by atoms with van der Waals surface area (Å²) in [6.45, 7) is 4.39. The Bertz CT molecular complexity index is 1330. The molecule has 0 N–H and O–H groups in total. The molecule has 11 heteroatoms. The molecule has 172 valence electrons. The normalized spacial score (nSPS) is 18.9. The van der Waals surface area contributed by atoms with Crippen molar-refractivity contribution in [3.63, 3.8) is 0 Å². The van der Waals surface area contributed by atoms with Crippen LogP contribution in [0.2, 0.25) is 0 Å². The molecule has 3 aromatic rings. The molecule has 0 radical (unpaired) electrons. The second-order valence-corrected chi connectivity index (χ2v) is 11.7. The van der Waals surface area contributed by atoms with Gasteiger partial charge in [-0.1, -0.05) is 37.2 Å². The quantitative estimate of drug-likeness (QED) is 0.479. The third-order valence-corrected chi connectivity index (χ3v) is 8.73. The van der Waals surface area contributed by atoms with E-state index in [-0.39, 0.29) is 29.0 Å². The molecule has 1 saturated heterocycles. The highest BCUT2D eigenvalue weighted by atomic mass is 32.2. The molecule has 1 amide bonds. The van der Waals surface area contributed by atoms with Gasteiger partial charge in [0.2, 0.25) is 11.7 Å². The number of hydrogen-bond donors (Lipinski definition) is 0. The number of hydrogen-bond acceptors (Lipinski definition) is 7. The van der Waals surface area contributed by atoms with Crippen LogP contribution in [-0.4, -0.2) is 68.2 Å². The van der Waals surface area contributed by atoms with Gasteiger partial charge in [0, 0.05) is 19.6 Å². The minimum atomic E-state index is -3.08. The Morgan fingerprint density at radius 1 is 1.31 bits per heavy atom. The number of sulfone groups is 1. The monoisotopic (exact) mass is 477 g/mol. The van der Waals surface area contributed by atoms with Crippen LogP contribution in [-0.2, 0) is 21.2 Å². The lowest BCUT2D eigenvalue weighted by molar-refractivity contribution is -0.130. The lowest BCUT2D eigenvalue weighted by Crippen LogP contribution is -2.41. The zero-order valence-electron chi connectivity index (χ0n) is 18.4. The molecule has 32 heavy (non-hydrogen) atoms. The maximum atomic E-state index is 13.0. The number of amides is 1. The Kier molecular flexibility index (Phi) is 6.30. The number of aryl methyl sites for hydroxylation is 1. The first-order valence-electron chi connectivity index (χ1n) is 10.7. The largest absolute Gasteiger partial charge is 0.341 e. The third-order valence-electron chi connectivity index (χ3n) is 5.95. The molecule has 0 saturated carbocycles. The number of unbranched alkanes of at least 4 members (excludes halogenated alkanes) is 1. The van der Waals surface area contributed by atoms with Crippen LogP contribution < -0.4 is 5.56 Å². The molecule has 0 aliphatic carbocycles. The van der Waals surface area contributed by atoms with Crippen molar-refractivity contribution in [3.05, 3.63) is 34.6 Å². The van der Waals surface area contributed by atoms with Gasteiger partial charge in [-0.3, -0.25) is 18.6 Å². The molecule has 0 spiro atoms. The van der Waals surface area contributed by atoms with Crippen molar-refractivity contribution in [2.75, 3.05) is 18.6 Å². The topological polar surface area (TPSA) is 107 Å². The van der Waals surface area contributed by atoms with Crippen LogP contribution in [0, 0.1) is 0 Å². The molecule has 3 heterocycles. The van der Waals surface area contributed by atoms with Gasteiger partial charge in [-0.25, -0.2) is 8.42 Å². The van der Waals surface area contributed by atoms with E-state index >= 15 is 0 Å². The third kappa shape index (κ3) is 4.15. The van der Waals surface area contributed by atoms with Crippen LogP contribution in [0.15, 0.2) is 34.2 Å². The van der Waals surface area contributed by atoms with Crippen molar-refractivity contribution in [1.29, 1.82) is 0 Å². The van der Waals surface area contributed by atoms with Crippen LogP contribution in [0.1, 0.15) is 33.1 Å². The number of benzene rings is 1. The van der Waals surface area contributed by atoms with Gasteiger partial charge in [0.05, 0.1) is 27.7 Å². The van der Waals surface area contributed by atoms with Crippen LogP contribution >= 0.6 is 11.8 Å². The Morgan fingerprint density at radius 2 is 2.06 bits per heavy atom. The van der Waals surface area contributed by atoms with Gasteiger partial charge in [0.1, 0.15) is 0 Å². The molecule has 4 rings (SSSR count). The van der Waals surface area contributed by atoms with Gasteiger partial charge in [0.15, 0.2) is 15.0 Å². The number of carbonyl (C=O) groups excluding carboxylic acids is 1. The summed E-state index contributed by atoms with van der Waals surface area (Å²) in [6, 6.07) is 7.02. The van der Waals surface area contributed by atoms with Gasteiger partial charge in [-0.15, -0.1) is 10.2 Å². The maximum absolute atomic E-state index is 13.0. The summed E-state index contributed by atoms with van der Waals surface area (Å²) < 4.78 is 27.1. The smallest absolute Gasteiger partial charge is 0.262 e. The van der Waals surface area contributed by atoms with E-state index in [1.165, 1.54) is 11.8 Å². The van der Waals surface area contributed by atoms with E-state index in [4.69, 9.17) is 0 Å². The molecule has 0 bridgehead atoms. The highest BCUT2D eigenvalue weighted by molar-refractivity contribution is 8.00. The van der Waals surface area contributed by atoms with E-state index in [2.05, 4.69) is 17.1 Å². The van der Waals surface area contributed by atoms with Crippen molar-refractivity contribution >= 4 is 44.2 Å². The molecule has 2 atom stereocenters. The van der Waals surface area contributed by atoms with Crippen molar-refractivity contribution in [2.45, 2.75) is 56.1 Å². The average Bonchev–Trinajstić information content (AvgIpc) is 3.35. The number of carbonyl (C=O) groups is 1. The fraction of sp³-hybridized carbons (Fsp3) is 0.524. The zero-order valence-corrected chi connectivity index (χ0v) is 20.0. The lowest BCUT2D eigenvalue weighted by atomic mass is 10.2. The van der Waals surface area contributed by atoms with Gasteiger partial charge in [-0.05, 0) is 31.9 Å². The fourth-order valence-electron chi connectivity index (χ4n) is 4.08. The van der Waals surface area contributed by atoms with E-state index in [9.17, 15) is 18.0 Å². The molecular weight excluding hydrogens is 450 g/mol. The zero-order chi connectivity index (χ0) is 23.0. The lowest BCUT2D eigenvalue weighted by Gasteiger charge is -2.26. The van der Waals surface area contributed by atoms with E-state index in [0.29, 0.717) is 34.8 Å². The van der Waals surface area contributed by atoms with E-state index in [0.717, 1.165) is 12.8 Å². The first kappa shape index (κ1) is 22.8. The second-order valence-electron chi connectivity index (χ2n) is 8.21. The number of aromatic nitrogens is 4. The Labute approximate surface area is 190 Å². The van der Waals surface area contributed by atoms with Gasteiger partial charge in [0.25, 0.3) is 5.56 Å². The fourth-order valence-corrected chi connectivity index (χ4v) is 6.81. The molecule has 2 aromatic heterocycles. The molecule has 1 aliphatic rings. The summed E-state index contributed by atoms with van der Waals surface area (Å²) in [7, 11) is -1.42. The van der Waals surface area contributed by atoms with Crippen LogP contribution in [0.25, 0.3) is 16.7 Å². The van der Waals surface area contributed by atoms with Crippen molar-refractivity contribution in [2.24, 2.45) is 0 Å². The molecule has 1 aromatic carbocycles. The summed E-state index contributed by atoms with van der Waals surface area (Å²) in [5, 5.41) is 9.20. The van der Waals surface area contributed by atoms with Crippen LogP contribution in [0.5, 0.6) is 0 Å². The van der Waals surface area contributed by atoms with Crippen LogP contribution in [0.4, 0.5) is 0 Å². The predicted molar refractivity (Wildman–Crippen MR) is 125 cm³/mol. The number of rotatable bonds is 7. The second kappa shape index (κ2) is 8.86. The number of para-hydroxylation sites is 1. The number of thioether (sulfide) groups is 1. The van der Waals surface area contributed by atoms with E-state index in [1.54, 1.807) is 29.5 Å². The first-order valence-corrected chi connectivity index (χ1v) is 13.4. The minimum absolute atomic E-state index is 0.00876. The molecule has 1 fully saturated rings.